The van der Waals surface area contributed by atoms with Crippen LogP contribution in [0.1, 0.15) is 149 Å². The molecular weight excluding hydrogens is 652 g/mol. The van der Waals surface area contributed by atoms with Crippen molar-refractivity contribution in [3.8, 4) is 0 Å². The van der Waals surface area contributed by atoms with E-state index >= 15 is 0 Å². The second kappa shape index (κ2) is 21.3. The van der Waals surface area contributed by atoms with Gasteiger partial charge in [0, 0.05) is 12.3 Å². The van der Waals surface area contributed by atoms with Crippen LogP contribution in [-0.2, 0) is 31.4 Å². The van der Waals surface area contributed by atoms with Crippen molar-refractivity contribution >= 4 is 40.1 Å². The predicted molar refractivity (Wildman–Crippen MR) is 203 cm³/mol. The van der Waals surface area contributed by atoms with E-state index in [-0.39, 0.29) is 52.3 Å². The zero-order chi connectivity index (χ0) is 37.7. The molecule has 0 aliphatic heterocycles. The summed E-state index contributed by atoms with van der Waals surface area (Å²) in [6.07, 6.45) is 3.56. The molecule has 2 aromatic carbocycles. The van der Waals surface area contributed by atoms with E-state index in [4.69, 9.17) is 9.47 Å². The van der Waals surface area contributed by atoms with Crippen molar-refractivity contribution in [2.24, 2.45) is 10.3 Å². The van der Waals surface area contributed by atoms with Gasteiger partial charge >= 0.3 is 30.8 Å². The molecule has 11 heteroatoms. The van der Waals surface area contributed by atoms with Crippen LogP contribution in [-0.4, -0.2) is 47.3 Å². The smallest absolute Gasteiger partial charge is 0.456 e. The average Bonchev–Trinajstić information content (AvgIpc) is 2.92. The molecule has 2 aromatic rings. The van der Waals surface area contributed by atoms with Crippen LogP contribution in [0.4, 0.5) is 0 Å². The molecule has 8 nitrogen and oxygen atoms in total. The Morgan fingerprint density at radius 2 is 1.08 bits per heavy atom. The van der Waals surface area contributed by atoms with Crippen molar-refractivity contribution in [1.82, 2.24) is 4.72 Å². The quantitative estimate of drug-likeness (QED) is 0.152. The molecule has 0 amide bonds. The molecule has 0 aliphatic carbocycles. The Morgan fingerprint density at radius 3 is 1.39 bits per heavy atom. The molecule has 2 rings (SSSR count). The molecule has 0 radical (unpaired) electrons. The number of nitrogens with zero attached hydrogens (tertiary/aromatic N) is 1. The zero-order valence-electron chi connectivity index (χ0n) is 33.1. The van der Waals surface area contributed by atoms with Crippen LogP contribution in [0, 0.1) is 12.3 Å². The van der Waals surface area contributed by atoms with Gasteiger partial charge in [-0.25, -0.2) is 22.7 Å². The van der Waals surface area contributed by atoms with Crippen LogP contribution >= 0.6 is 0 Å². The van der Waals surface area contributed by atoms with Gasteiger partial charge in [-0.1, -0.05) is 38.1 Å². The molecule has 0 saturated heterocycles. The number of rotatable bonds is 8. The van der Waals surface area contributed by atoms with Crippen LogP contribution in [0.3, 0.4) is 0 Å². The average molecular weight is 713 g/mol. The van der Waals surface area contributed by atoms with E-state index < -0.39 is 33.2 Å². The Bertz CT molecular complexity index is 1360. The Morgan fingerprint density at radius 1 is 0.714 bits per heavy atom. The SMILES string of the molecule is CC(C)(C)OC(=O)c1ccc(C=N[S@@](=O)C(C)(C)C)cc1.CC(C)[C@H](N[S@@](=O)C(C)(C)C)c1ccc(C(=O)OC(C)(C)C)cc1.C[CH-]C.[Li+]. The first-order chi connectivity index (χ1) is 21.7. The number of nitrogens with one attached hydrogen (secondary N) is 1. The first kappa shape index (κ1) is 49.0. The molecule has 49 heavy (non-hydrogen) atoms. The van der Waals surface area contributed by atoms with Crippen molar-refractivity contribution in [3.05, 3.63) is 77.2 Å². The standard InChI is InChI=1S/C19H31NO3S.C16H23NO3S.C3H7.Li/c1-13(2)16(20-24(22)19(6,7)8)14-9-11-15(12-10-14)17(21)23-18(3,4)5;1-15(2,3)20-14(18)13-9-7-12(8-10-13)11-17-21(19)16(4,5)6;1-3-2;/h9-13,16,20H,1-8H3;7-11H,1-6H3;3H,1-2H3;/q;;-1;+1/t16-,24-;21-;;/m00../s1. The van der Waals surface area contributed by atoms with Gasteiger partial charge in [0.1, 0.15) is 22.2 Å². The van der Waals surface area contributed by atoms with Gasteiger partial charge in [-0.05, 0) is 124 Å². The van der Waals surface area contributed by atoms with Crippen molar-refractivity contribution in [2.75, 3.05) is 0 Å². The van der Waals surface area contributed by atoms with Crippen LogP contribution in [0.15, 0.2) is 52.9 Å². The molecule has 0 unspecified atom stereocenters. The van der Waals surface area contributed by atoms with Crippen molar-refractivity contribution < 1.29 is 46.3 Å². The number of carbonyl (C=O) groups excluding carboxylic acids is 2. The second-order valence-electron chi connectivity index (χ2n) is 15.6. The largest absolute Gasteiger partial charge is 1.00 e. The maximum atomic E-state index is 12.4. The molecule has 1 N–H and O–H groups in total. The van der Waals surface area contributed by atoms with Gasteiger partial charge in [0.25, 0.3) is 0 Å². The molecule has 3 atom stereocenters. The summed E-state index contributed by atoms with van der Waals surface area (Å²) in [4.78, 5) is 24.0. The number of hydrogen-bond acceptors (Lipinski definition) is 6. The van der Waals surface area contributed by atoms with Gasteiger partial charge in [-0.15, -0.1) is 0 Å². The summed E-state index contributed by atoms with van der Waals surface area (Å²) in [6, 6.07) is 14.1. The summed E-state index contributed by atoms with van der Waals surface area (Å²) >= 11 is 0. The van der Waals surface area contributed by atoms with Gasteiger partial charge in [-0.3, -0.25) is 0 Å². The maximum Gasteiger partial charge on any atom is 1.00 e. The Balaban J connectivity index is 0. The third-order valence-corrected chi connectivity index (χ3v) is 8.65. The fourth-order valence-electron chi connectivity index (χ4n) is 3.35. The first-order valence-corrected chi connectivity index (χ1v) is 18.5. The molecular formula is C38H61LiN2O6S2. The minimum absolute atomic E-state index is 0. The number of ether oxygens (including phenoxy) is 2. The van der Waals surface area contributed by atoms with Crippen LogP contribution in [0.25, 0.3) is 0 Å². The molecule has 0 aliphatic rings. The van der Waals surface area contributed by atoms with E-state index in [9.17, 15) is 18.0 Å². The third kappa shape index (κ3) is 21.0. The molecule has 0 aromatic heterocycles. The summed E-state index contributed by atoms with van der Waals surface area (Å²) in [5.41, 5.74) is 1.78. The zero-order valence-corrected chi connectivity index (χ0v) is 34.8. The predicted octanol–water partition coefficient (Wildman–Crippen LogP) is 6.15. The minimum Gasteiger partial charge on any atom is -0.456 e. The number of esters is 2. The van der Waals surface area contributed by atoms with E-state index in [1.165, 1.54) is 0 Å². The number of benzene rings is 2. The Labute approximate surface area is 314 Å². The van der Waals surface area contributed by atoms with E-state index in [2.05, 4.69) is 23.0 Å². The summed E-state index contributed by atoms with van der Waals surface area (Å²) in [6.45, 7) is 30.6. The summed E-state index contributed by atoms with van der Waals surface area (Å²) < 4.78 is 41.4. The van der Waals surface area contributed by atoms with E-state index in [1.807, 2.05) is 115 Å². The minimum atomic E-state index is -1.29. The topological polar surface area (TPSA) is 111 Å². The molecule has 0 bridgehead atoms. The van der Waals surface area contributed by atoms with Crippen LogP contribution < -0.4 is 23.6 Å². The summed E-state index contributed by atoms with van der Waals surface area (Å²) in [5.74, 6) is -0.422. The van der Waals surface area contributed by atoms with Crippen molar-refractivity contribution in [2.45, 2.75) is 138 Å². The Kier molecular flexibility index (Phi) is 21.3. The molecule has 272 valence electrons. The van der Waals surface area contributed by atoms with Gasteiger partial charge in [0.15, 0.2) is 0 Å². The molecule has 0 heterocycles. The van der Waals surface area contributed by atoms with Crippen molar-refractivity contribution in [3.63, 3.8) is 0 Å². The van der Waals surface area contributed by atoms with Gasteiger partial charge < -0.3 is 15.9 Å². The van der Waals surface area contributed by atoms with E-state index in [0.717, 1.165) is 11.1 Å². The van der Waals surface area contributed by atoms with Gasteiger partial charge in [-0.2, -0.15) is 18.2 Å². The normalized spacial score (nSPS) is 13.9. The van der Waals surface area contributed by atoms with Crippen molar-refractivity contribution in [1.29, 1.82) is 0 Å². The first-order valence-electron chi connectivity index (χ1n) is 16.3. The summed E-state index contributed by atoms with van der Waals surface area (Å²) in [5, 5.41) is 0. The Hall–Kier alpha value is -2.09. The molecule has 0 spiro atoms. The van der Waals surface area contributed by atoms with E-state index in [1.54, 1.807) is 42.6 Å². The monoisotopic (exact) mass is 712 g/mol. The van der Waals surface area contributed by atoms with Crippen LogP contribution in [0.5, 0.6) is 0 Å². The second-order valence-corrected chi connectivity index (χ2v) is 19.6. The fraction of sp³-hybridized carbons (Fsp3) is 0.579. The maximum absolute atomic E-state index is 12.4. The van der Waals surface area contributed by atoms with Crippen LogP contribution in [0.2, 0.25) is 0 Å². The molecule has 0 saturated carbocycles. The fourth-order valence-corrected chi connectivity index (χ4v) is 4.88. The van der Waals surface area contributed by atoms with Gasteiger partial charge in [0.2, 0.25) is 0 Å². The summed E-state index contributed by atoms with van der Waals surface area (Å²) in [7, 11) is -2.45. The molecule has 0 fully saturated rings. The van der Waals surface area contributed by atoms with E-state index in [0.29, 0.717) is 11.1 Å². The number of hydrogen-bond donors (Lipinski definition) is 1. The number of carbonyl (C=O) groups is 2. The van der Waals surface area contributed by atoms with Gasteiger partial charge in [0.05, 0.1) is 31.6 Å². The third-order valence-electron chi connectivity index (χ3n) is 5.73.